The van der Waals surface area contributed by atoms with Crippen LogP contribution in [0.4, 0.5) is 8.78 Å². The number of ketones is 2. The fraction of sp³-hybridized carbons (Fsp3) is 0.426. The van der Waals surface area contributed by atoms with Crippen LogP contribution >= 0.6 is 0 Å². The number of ether oxygens (including phenoxy) is 9. The van der Waals surface area contributed by atoms with Crippen LogP contribution in [0, 0.1) is 11.6 Å². The Hall–Kier alpha value is -8.49. The molecule has 492 valence electrons. The average molecular weight is 1270 g/mol. The van der Waals surface area contributed by atoms with Gasteiger partial charge in [0.1, 0.15) is 65.6 Å². The van der Waals surface area contributed by atoms with Gasteiger partial charge >= 0.3 is 0 Å². The Balaban J connectivity index is 0.000000197. The number of aromatic nitrogens is 5. The molecule has 1 amide bonds. The van der Waals surface area contributed by atoms with Gasteiger partial charge in [0, 0.05) is 66.0 Å². The van der Waals surface area contributed by atoms with Crippen molar-refractivity contribution in [1.82, 2.24) is 30.2 Å². The summed E-state index contributed by atoms with van der Waals surface area (Å²) in [4.78, 5) is 44.7. The van der Waals surface area contributed by atoms with Crippen molar-refractivity contribution in [3.63, 3.8) is 0 Å². The van der Waals surface area contributed by atoms with Crippen LogP contribution < -0.4 is 45.4 Å². The second kappa shape index (κ2) is 30.8. The Morgan fingerprint density at radius 3 is 1.46 bits per heavy atom. The Morgan fingerprint density at radius 1 is 0.663 bits per heavy atom. The van der Waals surface area contributed by atoms with Crippen LogP contribution in [0.3, 0.4) is 0 Å². The van der Waals surface area contributed by atoms with E-state index < -0.39 is 28.8 Å². The minimum absolute atomic E-state index is 0.0723. The largest absolute Gasteiger partial charge is 0.493 e. The van der Waals surface area contributed by atoms with Crippen molar-refractivity contribution >= 4 is 18.0 Å². The number of fused-ring (bicyclic) bond motifs is 2. The zero-order valence-corrected chi connectivity index (χ0v) is 53.3. The summed E-state index contributed by atoms with van der Waals surface area (Å²) in [5.74, 6) is 6.72. The van der Waals surface area contributed by atoms with Crippen LogP contribution in [0.25, 0.3) is 22.5 Å². The molecule has 0 radical (unpaired) electrons. The predicted molar refractivity (Wildman–Crippen MR) is 336 cm³/mol. The van der Waals surface area contributed by atoms with E-state index in [1.165, 1.54) is 24.3 Å². The number of amides is 1. The third-order valence-electron chi connectivity index (χ3n) is 15.7. The second-order valence-electron chi connectivity index (χ2n) is 23.3. The molecule has 4 atom stereocenters. The normalized spacial score (nSPS) is 18.0. The van der Waals surface area contributed by atoms with Gasteiger partial charge in [-0.25, -0.2) is 24.6 Å². The number of nitrogens with zero attached hydrogens (tertiary/aromatic N) is 5. The molecule has 3 aromatic heterocycles. The first kappa shape index (κ1) is 69.4. The van der Waals surface area contributed by atoms with Crippen molar-refractivity contribution in [2.24, 2.45) is 11.6 Å². The molecule has 4 aliphatic rings. The fourth-order valence-corrected chi connectivity index (χ4v) is 10.0. The number of Topliss-reactive ketones (excluding diaryl/α,β-unsaturated/α-hetero) is 2. The summed E-state index contributed by atoms with van der Waals surface area (Å²) in [5.41, 5.74) is 9.31. The van der Waals surface area contributed by atoms with E-state index in [2.05, 4.69) is 16.0 Å². The van der Waals surface area contributed by atoms with E-state index in [9.17, 15) is 28.6 Å². The first-order valence-corrected chi connectivity index (χ1v) is 30.5. The number of nitrogens with one attached hydrogen (secondary N) is 1. The van der Waals surface area contributed by atoms with E-state index in [-0.39, 0.29) is 67.7 Å². The number of methoxy groups -OCH3 is 2. The number of carbonyl (C=O) groups is 3. The number of pyridine rings is 2. The van der Waals surface area contributed by atoms with Gasteiger partial charge in [0.15, 0.2) is 46.1 Å². The van der Waals surface area contributed by atoms with Crippen molar-refractivity contribution < 1.29 is 76.0 Å². The van der Waals surface area contributed by atoms with E-state index in [1.807, 2.05) is 45.3 Å². The highest BCUT2D eigenvalue weighted by Crippen LogP contribution is 2.48. The van der Waals surface area contributed by atoms with Gasteiger partial charge in [-0.1, -0.05) is 0 Å². The molecule has 5 heterocycles. The maximum Gasteiger partial charge on any atom is 0.271 e. The Labute approximate surface area is 533 Å². The molecule has 0 spiro atoms. The molecule has 2 aliphatic heterocycles. The van der Waals surface area contributed by atoms with Crippen LogP contribution in [0.5, 0.6) is 34.5 Å². The maximum atomic E-state index is 13.7. The zero-order valence-electron chi connectivity index (χ0n) is 53.3. The molecule has 24 heteroatoms. The number of benzene rings is 4. The number of hydrogen-bond acceptors (Lipinski definition) is 20. The molecular weight excluding hydrogens is 1190 g/mol. The van der Waals surface area contributed by atoms with Gasteiger partial charge < -0.3 is 63.1 Å². The van der Waals surface area contributed by atoms with Crippen molar-refractivity contribution in [3.05, 3.63) is 155 Å². The van der Waals surface area contributed by atoms with E-state index in [1.54, 1.807) is 113 Å². The zero-order chi connectivity index (χ0) is 66.4. The van der Waals surface area contributed by atoms with Gasteiger partial charge in [0.2, 0.25) is 6.41 Å². The van der Waals surface area contributed by atoms with Gasteiger partial charge in [0.25, 0.3) is 6.48 Å². The molecular formula is C68H82F2N8O14. The minimum Gasteiger partial charge on any atom is -0.493 e. The van der Waals surface area contributed by atoms with E-state index in [0.29, 0.717) is 118 Å². The number of aliphatic hydroxyl groups is 2. The lowest BCUT2D eigenvalue weighted by Crippen LogP contribution is -2.35. The maximum absolute atomic E-state index is 13.7. The van der Waals surface area contributed by atoms with E-state index in [4.69, 9.17) is 63.1 Å². The molecule has 22 nitrogen and oxygen atoms in total. The first-order chi connectivity index (χ1) is 44.0. The summed E-state index contributed by atoms with van der Waals surface area (Å²) in [6, 6.07) is 25.7. The number of nitrogens with two attached hydrogens (primary N) is 2. The lowest BCUT2D eigenvalue weighted by molar-refractivity contribution is -0.282. The Bertz CT molecular complexity index is 3610. The molecule has 2 saturated carbocycles. The number of halogens is 2. The molecule has 7 N–H and O–H groups in total. The second-order valence-corrected chi connectivity index (χ2v) is 23.3. The van der Waals surface area contributed by atoms with Gasteiger partial charge in [-0.05, 0) is 184 Å². The van der Waals surface area contributed by atoms with Gasteiger partial charge in [-0.15, -0.1) is 10.2 Å². The Morgan fingerprint density at radius 2 is 1.07 bits per heavy atom. The minimum atomic E-state index is -1.46. The van der Waals surface area contributed by atoms with Crippen LogP contribution in [0.2, 0.25) is 0 Å². The third-order valence-corrected chi connectivity index (χ3v) is 15.7. The summed E-state index contributed by atoms with van der Waals surface area (Å²) in [5, 5.41) is 31.0. The van der Waals surface area contributed by atoms with Crippen molar-refractivity contribution in [3.8, 4) is 57.0 Å². The van der Waals surface area contributed by atoms with Crippen molar-refractivity contribution in [2.45, 2.75) is 141 Å². The number of hydrogen-bond donors (Lipinski definition) is 5. The lowest BCUT2D eigenvalue weighted by atomic mass is 9.87. The van der Waals surface area contributed by atoms with Crippen molar-refractivity contribution in [1.29, 1.82) is 0 Å². The summed E-state index contributed by atoms with van der Waals surface area (Å²) in [6.45, 7) is 14.7. The SMILES string of the molecule is CCOC(OCC)OCC.COc1cc(C(=O)CC[C@](C)(O)c2cc3c(c(-c4ccc(F)cc4)n2)OC[C@]3(C)N)ccc1OC1CC1.COc1cc(C(=O)CC[C@](C)(O)c2cc3c(c(-c4ccc(F)cc4)n2)OC[C@]3(C)n2cnnc2)ccc1OC1CC1.NNC=O. The molecule has 0 saturated heterocycles. The smallest absolute Gasteiger partial charge is 0.271 e. The van der Waals surface area contributed by atoms with Gasteiger partial charge in [-0.2, -0.15) is 0 Å². The van der Waals surface area contributed by atoms with Gasteiger partial charge in [-0.3, -0.25) is 19.8 Å². The number of hydrazine groups is 1. The highest BCUT2D eigenvalue weighted by atomic mass is 19.1. The Kier molecular flexibility index (Phi) is 23.2. The monoisotopic (exact) mass is 1270 g/mol. The summed E-state index contributed by atoms with van der Waals surface area (Å²) < 4.78 is 79.0. The van der Waals surface area contributed by atoms with Crippen LogP contribution in [-0.2, 0) is 41.3 Å². The van der Waals surface area contributed by atoms with Crippen LogP contribution in [0.15, 0.2) is 110 Å². The lowest BCUT2D eigenvalue weighted by Gasteiger charge is -2.27. The molecule has 7 aromatic rings. The molecule has 2 fully saturated rings. The fourth-order valence-electron chi connectivity index (χ4n) is 10.0. The molecule has 0 bridgehead atoms. The highest BCUT2D eigenvalue weighted by molar-refractivity contribution is 5.97. The average Bonchev–Trinajstić information content (AvgIpc) is 1.68. The van der Waals surface area contributed by atoms with E-state index >= 15 is 0 Å². The summed E-state index contributed by atoms with van der Waals surface area (Å²) >= 11 is 0. The van der Waals surface area contributed by atoms with Crippen LogP contribution in [0.1, 0.15) is 143 Å². The molecule has 11 rings (SSSR count). The highest BCUT2D eigenvalue weighted by Gasteiger charge is 2.43. The third kappa shape index (κ3) is 17.3. The molecule has 4 aromatic carbocycles. The predicted octanol–water partition coefficient (Wildman–Crippen LogP) is 9.92. The summed E-state index contributed by atoms with van der Waals surface area (Å²) in [6.07, 6.45) is 8.53. The quantitative estimate of drug-likeness (QED) is 0.00841. The standard InChI is InChI=1S/C31H31FN4O5.C29H31FN2O5.C7H16O3.CH4N2O/c1-30(36-17-33-34-18-36)16-40-29-23(30)15-27(35-28(29)19-4-7-21(32)8-5-19)31(2,38)13-12-24(37)20-6-11-25(26(14-20)39-3)41-22-9-10-22;1-28(31)16-36-27-21(28)15-25(32-26(27)17-4-7-19(30)8-5-17)29(2,34)13-12-22(33)18-6-11-23(24(14-18)35-3)37-20-9-10-20;1-4-8-7(9-5-2)10-6-3;2-3-1-4/h4-8,11,14-15,17-18,22,38H,9-10,12-13,16H2,1-3H3;4-8,11,14-15,20,34H,9-10,12-13,16,31H2,1-3H3;7H,4-6H2,1-3H3;1H,2H2,(H,3,4)/t30-,31-;28-,29-;;/m00../s1. The van der Waals surface area contributed by atoms with E-state index in [0.717, 1.165) is 31.2 Å². The first-order valence-electron chi connectivity index (χ1n) is 30.5. The molecule has 0 unspecified atom stereocenters. The summed E-state index contributed by atoms with van der Waals surface area (Å²) in [7, 11) is 3.09. The topological polar surface area (TPSA) is 295 Å². The van der Waals surface area contributed by atoms with Crippen LogP contribution in [-0.4, -0.2) is 119 Å². The van der Waals surface area contributed by atoms with Gasteiger partial charge in [0.05, 0.1) is 43.4 Å². The van der Waals surface area contributed by atoms with Crippen molar-refractivity contribution in [2.75, 3.05) is 47.3 Å². The molecule has 2 aliphatic carbocycles. The number of rotatable bonds is 26. The number of carbonyl (C=O) groups excluding carboxylic acids is 3. The molecule has 92 heavy (non-hydrogen) atoms.